The standard InChI is InChI=1S/CH2O3.Cu.Gd.Nd.2H2O.Pb.Sm.Y.2H/c2-1(3)4;;;;;;;;;;/h(H2,2,3,4);;;;2*1H2;;;;;. The van der Waals surface area contributed by atoms with Crippen molar-refractivity contribution in [1.29, 1.82) is 0 Å². The third kappa shape index (κ3) is 104. The molecule has 0 fully saturated rings. The summed E-state index contributed by atoms with van der Waals surface area (Å²) in [6.07, 6.45) is -1.83. The van der Waals surface area contributed by atoms with E-state index in [1.54, 1.807) is 0 Å². The van der Waals surface area contributed by atoms with E-state index in [4.69, 9.17) is 15.0 Å². The Morgan fingerprint density at radius 3 is 1.08 bits per heavy atom. The minimum absolute atomic E-state index is 0. The molecule has 0 saturated heterocycles. The van der Waals surface area contributed by atoms with Gasteiger partial charge >= 0.3 is 33.5 Å². The van der Waals surface area contributed by atoms with E-state index < -0.39 is 6.16 Å². The van der Waals surface area contributed by atoms with Crippen LogP contribution in [-0.2, 0) is 49.8 Å². The summed E-state index contributed by atoms with van der Waals surface area (Å²) < 4.78 is 0. The Hall–Kier alpha value is 5.75. The number of hydrogen-bond acceptors (Lipinski definition) is 1. The Morgan fingerprint density at radius 1 is 1.08 bits per heavy atom. The molecule has 0 aliphatic rings. The summed E-state index contributed by atoms with van der Waals surface area (Å²) in [5, 5.41) is 13.9. The van der Waals surface area contributed by atoms with Crippen molar-refractivity contribution in [2.24, 2.45) is 0 Å². The summed E-state index contributed by atoms with van der Waals surface area (Å²) in [7, 11) is 0. The van der Waals surface area contributed by atoms with E-state index in [9.17, 15) is 0 Å². The van der Waals surface area contributed by atoms with Gasteiger partial charge in [0, 0.05) is 171 Å². The van der Waals surface area contributed by atoms with Crippen LogP contribution < -0.4 is 0 Å². The normalized spacial score (nSPS) is 2.00. The average Bonchev–Trinajstić information content (AvgIpc) is 0.811. The molecule has 0 heterocycles. The SMILES string of the molecule is O.O.O=C(O)O.[Cu].[Gd].[Nd].[PbH2].[Sm].[Y]. The van der Waals surface area contributed by atoms with Crippen LogP contribution in [0.4, 0.5) is 4.79 Å². The van der Waals surface area contributed by atoms with Crippen molar-refractivity contribution in [3.05, 3.63) is 0 Å². The maximum absolute atomic E-state index is 8.56. The number of carbonyl (C=O) groups is 1. The zero-order chi connectivity index (χ0) is 3.58. The molecule has 11 heteroatoms. The average molecular weight is 912 g/mol. The van der Waals surface area contributed by atoms with Gasteiger partial charge in [-0.05, 0) is 0 Å². The van der Waals surface area contributed by atoms with Crippen molar-refractivity contribution >= 4 is 33.5 Å². The summed E-state index contributed by atoms with van der Waals surface area (Å²) in [6, 6.07) is 0. The quantitative estimate of drug-likeness (QED) is 0.266. The molecule has 4 radical (unpaired) electrons. The van der Waals surface area contributed by atoms with E-state index in [0.717, 1.165) is 0 Å². The molecule has 0 aromatic carbocycles. The van der Waals surface area contributed by atoms with Crippen LogP contribution in [0, 0.1) is 121 Å². The van der Waals surface area contributed by atoms with Gasteiger partial charge in [-0.15, -0.1) is 0 Å². The first-order valence-electron chi connectivity index (χ1n) is 0.651. The van der Waals surface area contributed by atoms with E-state index in [1.165, 1.54) is 0 Å². The molecule has 5 nitrogen and oxygen atoms in total. The van der Waals surface area contributed by atoms with Gasteiger partial charge in [0.2, 0.25) is 0 Å². The van der Waals surface area contributed by atoms with E-state index in [-0.39, 0.29) is 209 Å². The van der Waals surface area contributed by atoms with Gasteiger partial charge < -0.3 is 21.2 Å². The van der Waals surface area contributed by atoms with E-state index in [2.05, 4.69) is 0 Å². The van der Waals surface area contributed by atoms with Crippen LogP contribution >= 0.6 is 0 Å². The maximum Gasteiger partial charge on any atom is 0 e. The third-order valence-electron chi connectivity index (χ3n) is 0. The van der Waals surface area contributed by atoms with Crippen molar-refractivity contribution in [3.8, 4) is 0 Å². The fourth-order valence-corrected chi connectivity index (χ4v) is 0. The summed E-state index contributed by atoms with van der Waals surface area (Å²) >= 11 is 0. The van der Waals surface area contributed by atoms with E-state index >= 15 is 0 Å². The third-order valence-corrected chi connectivity index (χ3v) is 0. The molecule has 0 atom stereocenters. The van der Waals surface area contributed by atoms with Crippen LogP contribution in [0.1, 0.15) is 0 Å². The second-order valence-corrected chi connectivity index (χ2v) is 0.283. The molecular weight excluding hydrogens is 904 g/mol. The first-order valence-corrected chi connectivity index (χ1v) is 0.651. The Labute approximate surface area is 224 Å². The van der Waals surface area contributed by atoms with Crippen molar-refractivity contribution in [3.63, 3.8) is 0 Å². The van der Waals surface area contributed by atoms with Crippen molar-refractivity contribution in [1.82, 2.24) is 0 Å². The second-order valence-electron chi connectivity index (χ2n) is 0.283. The Kier molecular flexibility index (Phi) is 294. The van der Waals surface area contributed by atoms with Crippen molar-refractivity contribution < 1.29 is 197 Å². The van der Waals surface area contributed by atoms with Crippen LogP contribution in [0.15, 0.2) is 0 Å². The molecule has 0 rings (SSSR count). The molecule has 0 aromatic heterocycles. The maximum atomic E-state index is 8.56. The first-order chi connectivity index (χ1) is 1.73. The molecule has 0 aromatic rings. The van der Waals surface area contributed by atoms with Crippen LogP contribution in [0.3, 0.4) is 0 Å². The van der Waals surface area contributed by atoms with Crippen LogP contribution in [0.2, 0.25) is 0 Å². The summed E-state index contributed by atoms with van der Waals surface area (Å²) in [4.78, 5) is 8.56. The summed E-state index contributed by atoms with van der Waals surface area (Å²) in [6.45, 7) is 0. The fourth-order valence-electron chi connectivity index (χ4n) is 0. The summed E-state index contributed by atoms with van der Waals surface area (Å²) in [5.74, 6) is 0. The van der Waals surface area contributed by atoms with Gasteiger partial charge in [0.25, 0.3) is 0 Å². The van der Waals surface area contributed by atoms with Crippen molar-refractivity contribution in [2.45, 2.75) is 0 Å². The Morgan fingerprint density at radius 2 is 1.08 bits per heavy atom. The van der Waals surface area contributed by atoms with Crippen LogP contribution in [0.5, 0.6) is 0 Å². The van der Waals surface area contributed by atoms with Crippen LogP contribution in [0.25, 0.3) is 0 Å². The fraction of sp³-hybridized carbons (Fsp3) is 0. The summed E-state index contributed by atoms with van der Waals surface area (Å²) in [5.41, 5.74) is 0. The topological polar surface area (TPSA) is 121 Å². The molecule has 0 aliphatic carbocycles. The number of hydrogen-bond donors (Lipinski definition) is 2. The molecule has 0 saturated carbocycles. The predicted molar refractivity (Wildman–Crippen MR) is 26.4 cm³/mol. The Bertz CT molecular complexity index is 54.4. The molecule has 78 valence electrons. The molecule has 0 aliphatic heterocycles. The number of rotatable bonds is 0. The second kappa shape index (κ2) is 54.3. The van der Waals surface area contributed by atoms with Gasteiger partial charge in [-0.2, -0.15) is 0 Å². The predicted octanol–water partition coefficient (Wildman–Crippen LogP) is -2.35. The molecule has 12 heavy (non-hydrogen) atoms. The van der Waals surface area contributed by atoms with E-state index in [0.29, 0.717) is 0 Å². The van der Waals surface area contributed by atoms with Gasteiger partial charge in [-0.1, -0.05) is 0 Å². The zero-order valence-electron chi connectivity index (χ0n) is 5.65. The smallest absolute Gasteiger partial charge is 0 e. The number of carboxylic acid groups (broad SMARTS) is 2. The van der Waals surface area contributed by atoms with Gasteiger partial charge in [0.1, 0.15) is 0 Å². The van der Waals surface area contributed by atoms with Crippen LogP contribution in [-0.4, -0.2) is 54.6 Å². The molecule has 0 spiro atoms. The molecule has 6 N–H and O–H groups in total. The minimum atomic E-state index is -1.83. The van der Waals surface area contributed by atoms with Gasteiger partial charge in [-0.25, -0.2) is 4.79 Å². The zero-order valence-corrected chi connectivity index (χ0v) is 23.0. The molecule has 0 bridgehead atoms. The molecule has 0 amide bonds. The van der Waals surface area contributed by atoms with Gasteiger partial charge in [0.05, 0.1) is 0 Å². The molecular formula is CH8CuGdNdO5PbSmY. The minimum Gasteiger partial charge on any atom is 0 e. The Balaban J connectivity index is -0.00000000161. The van der Waals surface area contributed by atoms with Gasteiger partial charge in [-0.3, -0.25) is 0 Å². The largest absolute Gasteiger partial charge is 0 e. The van der Waals surface area contributed by atoms with Gasteiger partial charge in [0.15, 0.2) is 0 Å². The van der Waals surface area contributed by atoms with Crippen molar-refractivity contribution in [2.75, 3.05) is 0 Å². The first kappa shape index (κ1) is 65.1. The van der Waals surface area contributed by atoms with E-state index in [1.807, 2.05) is 0 Å². The monoisotopic (exact) mass is 912 g/mol. The molecule has 0 unspecified atom stereocenters.